The van der Waals surface area contributed by atoms with Crippen LogP contribution in [0, 0.1) is 27.7 Å². The lowest BCUT2D eigenvalue weighted by atomic mass is 10.0. The number of carbonyl (C=O) groups is 5. The number of rotatable bonds is 17. The van der Waals surface area contributed by atoms with Crippen molar-refractivity contribution in [3.05, 3.63) is 120 Å². The predicted molar refractivity (Wildman–Crippen MR) is 180 cm³/mol. The van der Waals surface area contributed by atoms with Gasteiger partial charge >= 0.3 is 23.9 Å². The van der Waals surface area contributed by atoms with E-state index < -0.39 is 30.0 Å². The Bertz CT molecular complexity index is 1770. The van der Waals surface area contributed by atoms with Gasteiger partial charge in [0.2, 0.25) is 0 Å². The van der Waals surface area contributed by atoms with Gasteiger partial charge in [0.15, 0.2) is 11.9 Å². The summed E-state index contributed by atoms with van der Waals surface area (Å²) in [7, 11) is 0. The first kappa shape index (κ1) is 37.5. The zero-order valence-electron chi connectivity index (χ0n) is 27.9. The summed E-state index contributed by atoms with van der Waals surface area (Å²) in [5.41, 5.74) is 3.05. The Morgan fingerprint density at radius 1 is 0.673 bits per heavy atom. The molecule has 0 N–H and O–H groups in total. The minimum Gasteiger partial charge on any atom is -0.493 e. The molecule has 0 radical (unpaired) electrons. The van der Waals surface area contributed by atoms with E-state index in [-0.39, 0.29) is 49.1 Å². The third-order valence-corrected chi connectivity index (χ3v) is 7.21. The van der Waals surface area contributed by atoms with Crippen LogP contribution in [0.4, 0.5) is 0 Å². The van der Waals surface area contributed by atoms with E-state index >= 15 is 0 Å². The first-order valence-corrected chi connectivity index (χ1v) is 15.2. The molecule has 0 saturated carbocycles. The largest absolute Gasteiger partial charge is 0.493 e. The molecule has 0 fully saturated rings. The molecule has 0 aliphatic carbocycles. The molecule has 0 aromatic heterocycles. The minimum atomic E-state index is -0.907. The molecule has 49 heavy (non-hydrogen) atoms. The molecular weight excluding hydrogens is 632 g/mol. The molecule has 11 heteroatoms. The summed E-state index contributed by atoms with van der Waals surface area (Å²) in [4.78, 5) is 60.6. The Hall–Kier alpha value is -5.97. The van der Waals surface area contributed by atoms with Crippen LogP contribution in [-0.4, -0.2) is 55.6 Å². The van der Waals surface area contributed by atoms with Gasteiger partial charge in [-0.15, -0.1) is 0 Å². The van der Waals surface area contributed by atoms with Gasteiger partial charge in [-0.1, -0.05) is 19.7 Å². The molecule has 0 bridgehead atoms. The fourth-order valence-corrected chi connectivity index (χ4v) is 4.34. The van der Waals surface area contributed by atoms with Crippen LogP contribution in [0.25, 0.3) is 0 Å². The van der Waals surface area contributed by atoms with Crippen molar-refractivity contribution in [3.63, 3.8) is 0 Å². The van der Waals surface area contributed by atoms with E-state index in [1.54, 1.807) is 64.1 Å². The molecule has 11 nitrogen and oxygen atoms in total. The van der Waals surface area contributed by atoms with Gasteiger partial charge < -0.3 is 28.4 Å². The highest BCUT2D eigenvalue weighted by atomic mass is 16.6. The Labute approximate surface area is 284 Å². The molecular formula is C38H38O11. The highest BCUT2D eigenvalue weighted by Gasteiger charge is 2.20. The zero-order valence-corrected chi connectivity index (χ0v) is 27.9. The Morgan fingerprint density at radius 2 is 1.33 bits per heavy atom. The third kappa shape index (κ3) is 10.8. The minimum absolute atomic E-state index is 0.122. The second kappa shape index (κ2) is 17.8. The molecule has 3 rings (SSSR count). The summed E-state index contributed by atoms with van der Waals surface area (Å²) in [6.45, 7) is 16.9. The van der Waals surface area contributed by atoms with Crippen molar-refractivity contribution >= 4 is 29.7 Å². The summed E-state index contributed by atoms with van der Waals surface area (Å²) in [6.07, 6.45) is 2.51. The average molecular weight is 671 g/mol. The highest BCUT2D eigenvalue weighted by Crippen LogP contribution is 2.29. The SMILES string of the molecule is C=CC(=O)CCOc1ccc(C(=O)Oc2ccc(C(=O)Oc3ccc(OCC(COC(=O)C=C)OC(=O)C=C)c(C)c3)c(C)c2C)cc1C. The van der Waals surface area contributed by atoms with Crippen LogP contribution in [0.2, 0.25) is 0 Å². The molecule has 0 spiro atoms. The van der Waals surface area contributed by atoms with Crippen LogP contribution in [0.1, 0.15) is 49.4 Å². The van der Waals surface area contributed by atoms with Crippen molar-refractivity contribution in [2.45, 2.75) is 40.2 Å². The number of esters is 4. The van der Waals surface area contributed by atoms with Crippen molar-refractivity contribution in [3.8, 4) is 23.0 Å². The number of carbonyl (C=O) groups excluding carboxylic acids is 5. The van der Waals surface area contributed by atoms with Crippen molar-refractivity contribution in [2.24, 2.45) is 0 Å². The van der Waals surface area contributed by atoms with Crippen molar-refractivity contribution in [2.75, 3.05) is 19.8 Å². The van der Waals surface area contributed by atoms with Crippen LogP contribution in [0.15, 0.2) is 86.5 Å². The molecule has 3 aromatic carbocycles. The number of hydrogen-bond donors (Lipinski definition) is 0. The van der Waals surface area contributed by atoms with E-state index in [4.69, 9.17) is 28.4 Å². The van der Waals surface area contributed by atoms with Crippen LogP contribution in [0.5, 0.6) is 23.0 Å². The van der Waals surface area contributed by atoms with E-state index in [1.165, 1.54) is 18.2 Å². The normalized spacial score (nSPS) is 10.9. The summed E-state index contributed by atoms with van der Waals surface area (Å²) in [5.74, 6) is -1.20. The zero-order chi connectivity index (χ0) is 36.1. The molecule has 0 aliphatic rings. The predicted octanol–water partition coefficient (Wildman–Crippen LogP) is 6.09. The van der Waals surface area contributed by atoms with E-state index in [2.05, 4.69) is 19.7 Å². The number of allylic oxidation sites excluding steroid dienone is 1. The molecule has 1 unspecified atom stereocenters. The lowest BCUT2D eigenvalue weighted by Gasteiger charge is -2.18. The Morgan fingerprint density at radius 3 is 1.98 bits per heavy atom. The van der Waals surface area contributed by atoms with Gasteiger partial charge in [0, 0.05) is 18.6 Å². The van der Waals surface area contributed by atoms with Gasteiger partial charge in [0.25, 0.3) is 0 Å². The van der Waals surface area contributed by atoms with E-state index in [9.17, 15) is 24.0 Å². The average Bonchev–Trinajstić information content (AvgIpc) is 3.08. The summed E-state index contributed by atoms with van der Waals surface area (Å²) in [5, 5.41) is 0. The topological polar surface area (TPSA) is 141 Å². The maximum Gasteiger partial charge on any atom is 0.343 e. The first-order chi connectivity index (χ1) is 23.4. The lowest BCUT2D eigenvalue weighted by molar-refractivity contribution is -0.154. The lowest BCUT2D eigenvalue weighted by Crippen LogP contribution is -2.30. The van der Waals surface area contributed by atoms with Gasteiger partial charge in [-0.25, -0.2) is 19.2 Å². The van der Waals surface area contributed by atoms with E-state index in [1.807, 2.05) is 0 Å². The number of aryl methyl sites for hydroxylation is 2. The summed E-state index contributed by atoms with van der Waals surface area (Å²) >= 11 is 0. The van der Waals surface area contributed by atoms with Crippen molar-refractivity contribution in [1.82, 2.24) is 0 Å². The van der Waals surface area contributed by atoms with E-state index in [0.29, 0.717) is 39.3 Å². The maximum absolute atomic E-state index is 13.1. The molecule has 0 heterocycles. The monoisotopic (exact) mass is 670 g/mol. The summed E-state index contributed by atoms with van der Waals surface area (Å²) in [6, 6.07) is 12.6. The number of benzene rings is 3. The highest BCUT2D eigenvalue weighted by molar-refractivity contribution is 5.94. The third-order valence-electron chi connectivity index (χ3n) is 7.21. The summed E-state index contributed by atoms with van der Waals surface area (Å²) < 4.78 is 32.8. The van der Waals surface area contributed by atoms with Gasteiger partial charge in [-0.2, -0.15) is 0 Å². The van der Waals surface area contributed by atoms with Crippen molar-refractivity contribution in [1.29, 1.82) is 0 Å². The van der Waals surface area contributed by atoms with E-state index in [0.717, 1.165) is 12.2 Å². The van der Waals surface area contributed by atoms with Gasteiger partial charge in [-0.05, 0) is 105 Å². The molecule has 0 amide bonds. The number of ether oxygens (including phenoxy) is 6. The maximum atomic E-state index is 13.1. The fourth-order valence-electron chi connectivity index (χ4n) is 4.34. The Balaban J connectivity index is 1.64. The molecule has 1 atom stereocenters. The second-order valence-electron chi connectivity index (χ2n) is 10.7. The number of hydrogen-bond acceptors (Lipinski definition) is 11. The molecule has 0 aliphatic heterocycles. The smallest absolute Gasteiger partial charge is 0.343 e. The quantitative estimate of drug-likeness (QED) is 0.0936. The van der Waals surface area contributed by atoms with Gasteiger partial charge in [0.05, 0.1) is 17.7 Å². The number of ketones is 1. The standard InChI is InChI=1S/C38H38O11/c1-8-28(39)17-18-44-32-14-11-27(19-23(32)4)37(42)49-34-16-13-31(25(6)26(34)7)38(43)48-29-12-15-33(24(5)20-29)45-21-30(47-36(41)10-3)22-46-35(40)9-2/h8-16,19-20,30H,1-3,17-18,21-22H2,4-7H3. The molecule has 256 valence electrons. The van der Waals surface area contributed by atoms with Gasteiger partial charge in [0.1, 0.15) is 36.2 Å². The van der Waals surface area contributed by atoms with Crippen LogP contribution in [-0.2, 0) is 23.9 Å². The molecule has 3 aromatic rings. The van der Waals surface area contributed by atoms with Crippen LogP contribution in [0.3, 0.4) is 0 Å². The second-order valence-corrected chi connectivity index (χ2v) is 10.7. The Kier molecular flexibility index (Phi) is 13.6. The molecule has 0 saturated heterocycles. The van der Waals surface area contributed by atoms with Crippen LogP contribution < -0.4 is 18.9 Å². The van der Waals surface area contributed by atoms with Gasteiger partial charge in [-0.3, -0.25) is 4.79 Å². The first-order valence-electron chi connectivity index (χ1n) is 15.2. The van der Waals surface area contributed by atoms with Crippen molar-refractivity contribution < 1.29 is 52.4 Å². The fraction of sp³-hybridized carbons (Fsp3) is 0.237. The van der Waals surface area contributed by atoms with Crippen LogP contribution >= 0.6 is 0 Å².